The molecule has 120 valence electrons. The Morgan fingerprint density at radius 2 is 2.13 bits per heavy atom. The Morgan fingerprint density at radius 1 is 1.26 bits per heavy atom. The molecule has 1 saturated heterocycles. The van der Waals surface area contributed by atoms with Crippen LogP contribution in [0.3, 0.4) is 0 Å². The van der Waals surface area contributed by atoms with Crippen LogP contribution in [0.25, 0.3) is 0 Å². The van der Waals surface area contributed by atoms with Crippen LogP contribution in [0.4, 0.5) is 0 Å². The van der Waals surface area contributed by atoms with Gasteiger partial charge in [-0.2, -0.15) is 0 Å². The van der Waals surface area contributed by atoms with Crippen LogP contribution in [0.5, 0.6) is 5.88 Å². The van der Waals surface area contributed by atoms with Crippen molar-refractivity contribution in [1.82, 2.24) is 10.3 Å². The van der Waals surface area contributed by atoms with E-state index < -0.39 is 0 Å². The molecule has 1 amide bonds. The first kappa shape index (κ1) is 15.5. The van der Waals surface area contributed by atoms with Crippen LogP contribution in [0.2, 0.25) is 0 Å². The zero-order valence-corrected chi connectivity index (χ0v) is 12.9. The molecule has 0 aliphatic carbocycles. The van der Waals surface area contributed by atoms with Gasteiger partial charge in [0.25, 0.3) is 0 Å². The maximum atomic E-state index is 11.9. The number of hydrogen-bond acceptors (Lipinski definition) is 4. The minimum atomic E-state index is -0.300. The van der Waals surface area contributed by atoms with Crippen LogP contribution in [-0.4, -0.2) is 23.6 Å². The molecule has 1 N–H and O–H groups in total. The van der Waals surface area contributed by atoms with Gasteiger partial charge in [0.2, 0.25) is 11.8 Å². The summed E-state index contributed by atoms with van der Waals surface area (Å²) < 4.78 is 11.1. The Bertz CT molecular complexity index is 640. The fraction of sp³-hybridized carbons (Fsp3) is 0.333. The van der Waals surface area contributed by atoms with Crippen LogP contribution in [0.15, 0.2) is 48.7 Å². The summed E-state index contributed by atoms with van der Waals surface area (Å²) in [5.41, 5.74) is 2.04. The molecule has 3 rings (SSSR count). The van der Waals surface area contributed by atoms with E-state index in [1.165, 1.54) is 0 Å². The average molecular weight is 312 g/mol. The zero-order chi connectivity index (χ0) is 15.9. The van der Waals surface area contributed by atoms with Crippen molar-refractivity contribution in [2.45, 2.75) is 32.1 Å². The SMILES string of the molecule is O=C(NCc1ccnc(OCc2ccccc2)c1)[C@H]1CCCO1. The van der Waals surface area contributed by atoms with Crippen molar-refractivity contribution in [3.05, 3.63) is 59.8 Å². The largest absolute Gasteiger partial charge is 0.473 e. The number of carbonyl (C=O) groups excluding carboxylic acids is 1. The third-order valence-corrected chi connectivity index (χ3v) is 3.72. The van der Waals surface area contributed by atoms with E-state index >= 15 is 0 Å². The van der Waals surface area contributed by atoms with Crippen LogP contribution in [0.1, 0.15) is 24.0 Å². The van der Waals surface area contributed by atoms with Crippen molar-refractivity contribution in [2.24, 2.45) is 0 Å². The molecule has 2 aromatic rings. The molecule has 5 nitrogen and oxygen atoms in total. The van der Waals surface area contributed by atoms with Crippen LogP contribution >= 0.6 is 0 Å². The summed E-state index contributed by atoms with van der Waals surface area (Å²) in [7, 11) is 0. The van der Waals surface area contributed by atoms with Gasteiger partial charge < -0.3 is 14.8 Å². The first-order valence-corrected chi connectivity index (χ1v) is 7.82. The van der Waals surface area contributed by atoms with Gasteiger partial charge in [0.05, 0.1) is 0 Å². The summed E-state index contributed by atoms with van der Waals surface area (Å²) in [6.45, 7) is 1.59. The number of nitrogens with zero attached hydrogens (tertiary/aromatic N) is 1. The lowest BCUT2D eigenvalue weighted by atomic mass is 10.2. The minimum absolute atomic E-state index is 0.0499. The lowest BCUT2D eigenvalue weighted by molar-refractivity contribution is -0.130. The van der Waals surface area contributed by atoms with E-state index in [-0.39, 0.29) is 12.0 Å². The molecule has 0 saturated carbocycles. The molecule has 5 heteroatoms. The van der Waals surface area contributed by atoms with Gasteiger partial charge in [-0.25, -0.2) is 4.98 Å². The van der Waals surface area contributed by atoms with Gasteiger partial charge in [0.15, 0.2) is 0 Å². The van der Waals surface area contributed by atoms with Gasteiger partial charge in [-0.1, -0.05) is 30.3 Å². The highest BCUT2D eigenvalue weighted by atomic mass is 16.5. The summed E-state index contributed by atoms with van der Waals surface area (Å²) in [5, 5.41) is 2.89. The predicted octanol–water partition coefficient (Wildman–Crippen LogP) is 2.46. The highest BCUT2D eigenvalue weighted by Crippen LogP contribution is 2.14. The molecule has 2 heterocycles. The molecule has 0 spiro atoms. The Kier molecular flexibility index (Phi) is 5.21. The van der Waals surface area contributed by atoms with Gasteiger partial charge in [-0.15, -0.1) is 0 Å². The number of amides is 1. The first-order chi connectivity index (χ1) is 11.3. The maximum absolute atomic E-state index is 11.9. The van der Waals surface area contributed by atoms with E-state index in [2.05, 4.69) is 10.3 Å². The van der Waals surface area contributed by atoms with Crippen molar-refractivity contribution in [3.8, 4) is 5.88 Å². The van der Waals surface area contributed by atoms with Crippen molar-refractivity contribution in [2.75, 3.05) is 6.61 Å². The fourth-order valence-electron chi connectivity index (χ4n) is 2.46. The van der Waals surface area contributed by atoms with E-state index in [1.807, 2.05) is 42.5 Å². The Labute approximate surface area is 135 Å². The zero-order valence-electron chi connectivity index (χ0n) is 12.9. The maximum Gasteiger partial charge on any atom is 0.249 e. The molecule has 1 aliphatic rings. The van der Waals surface area contributed by atoms with E-state index in [9.17, 15) is 4.79 Å². The van der Waals surface area contributed by atoms with E-state index in [0.717, 1.165) is 24.0 Å². The summed E-state index contributed by atoms with van der Waals surface area (Å²) >= 11 is 0. The first-order valence-electron chi connectivity index (χ1n) is 7.82. The Hall–Kier alpha value is -2.40. The van der Waals surface area contributed by atoms with Gasteiger partial charge in [0, 0.05) is 25.4 Å². The molecular weight excluding hydrogens is 292 g/mol. The quantitative estimate of drug-likeness (QED) is 0.890. The molecule has 0 bridgehead atoms. The summed E-state index contributed by atoms with van der Waals surface area (Å²) in [6.07, 6.45) is 3.14. The van der Waals surface area contributed by atoms with Crippen molar-refractivity contribution in [1.29, 1.82) is 0 Å². The van der Waals surface area contributed by atoms with Gasteiger partial charge in [-0.3, -0.25) is 4.79 Å². The molecule has 0 unspecified atom stereocenters. The Balaban J connectivity index is 1.51. The fourth-order valence-corrected chi connectivity index (χ4v) is 2.46. The molecule has 1 fully saturated rings. The predicted molar refractivity (Wildman–Crippen MR) is 85.8 cm³/mol. The number of rotatable bonds is 6. The van der Waals surface area contributed by atoms with Gasteiger partial charge in [-0.05, 0) is 30.0 Å². The number of ether oxygens (including phenoxy) is 2. The Morgan fingerprint density at radius 3 is 2.91 bits per heavy atom. The molecule has 0 radical (unpaired) electrons. The summed E-state index contributed by atoms with van der Waals surface area (Å²) in [6, 6.07) is 13.6. The third kappa shape index (κ3) is 4.53. The smallest absolute Gasteiger partial charge is 0.249 e. The number of carbonyl (C=O) groups is 1. The van der Waals surface area contributed by atoms with E-state index in [0.29, 0.717) is 25.6 Å². The number of nitrogens with one attached hydrogen (secondary N) is 1. The van der Waals surface area contributed by atoms with Gasteiger partial charge in [0.1, 0.15) is 12.7 Å². The lowest BCUT2D eigenvalue weighted by Gasteiger charge is -2.11. The monoisotopic (exact) mass is 312 g/mol. The van der Waals surface area contributed by atoms with Crippen LogP contribution < -0.4 is 10.1 Å². The number of benzene rings is 1. The lowest BCUT2D eigenvalue weighted by Crippen LogP contribution is -2.33. The topological polar surface area (TPSA) is 60.5 Å². The molecular formula is C18H20N2O3. The summed E-state index contributed by atoms with van der Waals surface area (Å²) in [5.74, 6) is 0.504. The number of aromatic nitrogens is 1. The van der Waals surface area contributed by atoms with Crippen molar-refractivity contribution in [3.63, 3.8) is 0 Å². The average Bonchev–Trinajstić information content (AvgIpc) is 3.14. The third-order valence-electron chi connectivity index (χ3n) is 3.72. The normalized spacial score (nSPS) is 17.0. The minimum Gasteiger partial charge on any atom is -0.473 e. The molecule has 1 aromatic carbocycles. The van der Waals surface area contributed by atoms with Crippen molar-refractivity contribution < 1.29 is 14.3 Å². The second-order valence-electron chi connectivity index (χ2n) is 5.50. The van der Waals surface area contributed by atoms with Crippen LogP contribution in [-0.2, 0) is 22.7 Å². The number of pyridine rings is 1. The molecule has 23 heavy (non-hydrogen) atoms. The number of hydrogen-bond donors (Lipinski definition) is 1. The molecule has 1 aliphatic heterocycles. The summed E-state index contributed by atoms with van der Waals surface area (Å²) in [4.78, 5) is 16.1. The highest BCUT2D eigenvalue weighted by molar-refractivity contribution is 5.80. The van der Waals surface area contributed by atoms with Gasteiger partial charge >= 0.3 is 0 Å². The highest BCUT2D eigenvalue weighted by Gasteiger charge is 2.22. The van der Waals surface area contributed by atoms with E-state index in [4.69, 9.17) is 9.47 Å². The van der Waals surface area contributed by atoms with Crippen molar-refractivity contribution >= 4 is 5.91 Å². The van der Waals surface area contributed by atoms with Crippen LogP contribution in [0, 0.1) is 0 Å². The van der Waals surface area contributed by atoms with E-state index in [1.54, 1.807) is 6.20 Å². The molecule has 1 atom stereocenters. The second kappa shape index (κ2) is 7.74. The second-order valence-corrected chi connectivity index (χ2v) is 5.50. The molecule has 1 aromatic heterocycles. The standard InChI is InChI=1S/C18H20N2O3/c21-18(16-7-4-10-22-16)20-12-15-8-9-19-17(11-15)23-13-14-5-2-1-3-6-14/h1-3,5-6,8-9,11,16H,4,7,10,12-13H2,(H,20,21)/t16-/m1/s1.